The van der Waals surface area contributed by atoms with E-state index in [0.29, 0.717) is 38.3 Å². The van der Waals surface area contributed by atoms with E-state index in [9.17, 15) is 14.9 Å². The highest BCUT2D eigenvalue weighted by Gasteiger charge is 2.37. The monoisotopic (exact) mass is 664 g/mol. The van der Waals surface area contributed by atoms with Crippen molar-refractivity contribution < 1.29 is 14.3 Å². The summed E-state index contributed by atoms with van der Waals surface area (Å²) in [4.78, 5) is 34.9. The quantitative estimate of drug-likeness (QED) is 0.172. The third-order valence-corrected chi connectivity index (χ3v) is 10.9. The number of esters is 1. The van der Waals surface area contributed by atoms with Crippen molar-refractivity contribution in [3.8, 4) is 16.8 Å². The lowest BCUT2D eigenvalue weighted by Gasteiger charge is -2.28. The number of thiazole rings is 1. The van der Waals surface area contributed by atoms with E-state index < -0.39 is 12.0 Å². The van der Waals surface area contributed by atoms with E-state index in [1.54, 1.807) is 29.9 Å². The number of carbonyl (C=O) groups excluding carboxylic acids is 1. The number of hydrogen-bond donors (Lipinski definition) is 0. The molecule has 47 heavy (non-hydrogen) atoms. The summed E-state index contributed by atoms with van der Waals surface area (Å²) < 4.78 is 15.7. The number of thiophene rings is 1. The minimum atomic E-state index is -0.808. The fourth-order valence-electron chi connectivity index (χ4n) is 6.42. The van der Waals surface area contributed by atoms with Gasteiger partial charge in [-0.15, -0.1) is 11.3 Å². The minimum absolute atomic E-state index is 0.192. The van der Waals surface area contributed by atoms with Gasteiger partial charge in [0.25, 0.3) is 5.56 Å². The molecule has 5 aromatic rings. The molecule has 0 spiro atoms. The van der Waals surface area contributed by atoms with E-state index in [1.165, 1.54) is 11.3 Å². The van der Waals surface area contributed by atoms with Crippen LogP contribution < -0.4 is 19.6 Å². The molecule has 0 bridgehead atoms. The summed E-state index contributed by atoms with van der Waals surface area (Å²) in [6.07, 6.45) is 3.20. The van der Waals surface area contributed by atoms with Crippen LogP contribution in [0.15, 0.2) is 63.5 Å². The molecule has 1 atom stereocenters. The molecule has 4 heterocycles. The molecule has 0 unspecified atom stereocenters. The molecule has 0 N–H and O–H groups in total. The average molecular weight is 665 g/mol. The molecule has 0 saturated carbocycles. The fraction of sp³-hybridized carbons (Fsp3) is 0.297. The lowest BCUT2D eigenvalue weighted by Crippen LogP contribution is -2.40. The van der Waals surface area contributed by atoms with Crippen LogP contribution in [0, 0.1) is 39.0 Å². The maximum Gasteiger partial charge on any atom is 0.338 e. The van der Waals surface area contributed by atoms with Gasteiger partial charge in [0.2, 0.25) is 0 Å². The maximum absolute atomic E-state index is 14.6. The average Bonchev–Trinajstić information content (AvgIpc) is 3.63. The highest BCUT2D eigenvalue weighted by atomic mass is 32.1. The van der Waals surface area contributed by atoms with Crippen molar-refractivity contribution in [2.75, 3.05) is 13.7 Å². The molecular formula is C37H36N4O4S2. The number of rotatable bonds is 8. The van der Waals surface area contributed by atoms with Crippen LogP contribution in [0.1, 0.15) is 71.2 Å². The van der Waals surface area contributed by atoms with Gasteiger partial charge in [0, 0.05) is 21.8 Å². The topological polar surface area (TPSA) is 98.6 Å². The van der Waals surface area contributed by atoms with Crippen molar-refractivity contribution in [1.29, 1.82) is 5.26 Å². The van der Waals surface area contributed by atoms with E-state index in [1.807, 2.05) is 83.2 Å². The summed E-state index contributed by atoms with van der Waals surface area (Å²) in [5, 5.41) is 12.7. The number of methoxy groups -OCH3 is 1. The molecule has 1 aliphatic rings. The van der Waals surface area contributed by atoms with E-state index in [0.717, 1.165) is 55.1 Å². The number of aryl methyl sites for hydroxylation is 2. The van der Waals surface area contributed by atoms with Crippen LogP contribution in [0.3, 0.4) is 0 Å². The molecule has 0 fully saturated rings. The van der Waals surface area contributed by atoms with Crippen molar-refractivity contribution in [3.05, 3.63) is 112 Å². The van der Waals surface area contributed by atoms with Crippen LogP contribution in [-0.4, -0.2) is 28.8 Å². The van der Waals surface area contributed by atoms with Gasteiger partial charge in [0.1, 0.15) is 22.9 Å². The predicted octanol–water partition coefficient (Wildman–Crippen LogP) is 6.70. The van der Waals surface area contributed by atoms with Crippen LogP contribution in [0.5, 0.6) is 5.75 Å². The number of aromatic nitrogens is 2. The van der Waals surface area contributed by atoms with Crippen LogP contribution in [0.2, 0.25) is 0 Å². The van der Waals surface area contributed by atoms with Gasteiger partial charge in [-0.3, -0.25) is 9.36 Å². The maximum atomic E-state index is 14.6. The normalized spacial score (nSPS) is 14.7. The summed E-state index contributed by atoms with van der Waals surface area (Å²) in [5.74, 6) is 0.0774. The van der Waals surface area contributed by atoms with Crippen molar-refractivity contribution in [2.45, 2.75) is 60.4 Å². The van der Waals surface area contributed by atoms with Gasteiger partial charge in [-0.05, 0) is 81.1 Å². The fourth-order valence-corrected chi connectivity index (χ4v) is 8.64. The van der Waals surface area contributed by atoms with Gasteiger partial charge < -0.3 is 14.0 Å². The van der Waals surface area contributed by atoms with Crippen LogP contribution in [0.4, 0.5) is 0 Å². The number of allylic oxidation sites excluding steroid dienone is 1. The molecule has 10 heteroatoms. The van der Waals surface area contributed by atoms with Gasteiger partial charge in [-0.2, -0.15) is 5.26 Å². The number of hydrogen-bond acceptors (Lipinski definition) is 8. The lowest BCUT2D eigenvalue weighted by molar-refractivity contribution is -0.139. The van der Waals surface area contributed by atoms with Crippen molar-refractivity contribution in [1.82, 2.24) is 9.13 Å². The first kappa shape index (κ1) is 32.2. The van der Waals surface area contributed by atoms with Crippen LogP contribution >= 0.6 is 22.7 Å². The molecule has 0 amide bonds. The molecule has 6 rings (SSSR count). The molecule has 8 nitrogen and oxygen atoms in total. The number of benzene rings is 2. The molecule has 0 radical (unpaired) electrons. The van der Waals surface area contributed by atoms with Crippen LogP contribution in [-0.2, 0) is 9.53 Å². The van der Waals surface area contributed by atoms with Crippen LogP contribution in [0.25, 0.3) is 21.8 Å². The largest absolute Gasteiger partial charge is 0.496 e. The Bertz CT molecular complexity index is 2330. The minimum Gasteiger partial charge on any atom is -0.496 e. The van der Waals surface area contributed by atoms with Crippen molar-refractivity contribution >= 4 is 45.5 Å². The van der Waals surface area contributed by atoms with Crippen molar-refractivity contribution in [2.24, 2.45) is 4.99 Å². The standard InChI is InChI=1S/C37H36N4O4S2/c1-8-12-28-32(36(43)45-9-2)33(31-26-14-11-10-13-24(26)15-16-29(31)44-7)41-34(42)30(47-37(41)39-28)18-25-17-20(3)40(22(25)5)35-27(19-38)21(4)23(6)46-35/h10-11,13-18,33H,8-9,12H2,1-7H3/b30-18+/t33-/m0/s1. The predicted molar refractivity (Wildman–Crippen MR) is 187 cm³/mol. The Balaban J connectivity index is 1.64. The first-order valence-corrected chi connectivity index (χ1v) is 17.2. The molecule has 1 aliphatic heterocycles. The summed E-state index contributed by atoms with van der Waals surface area (Å²) >= 11 is 2.90. The van der Waals surface area contributed by atoms with E-state index in [-0.39, 0.29) is 12.2 Å². The van der Waals surface area contributed by atoms with Gasteiger partial charge in [0.15, 0.2) is 4.80 Å². The summed E-state index contributed by atoms with van der Waals surface area (Å²) in [5.41, 5.74) is 5.85. The second-order valence-corrected chi connectivity index (χ2v) is 13.8. The SMILES string of the molecule is CCCC1=C(C(=O)OCC)[C@H](c2c(OC)ccc3ccccc23)n2c(s/c(=C/c3cc(C)n(-c4sc(C)c(C)c4C#N)c3C)c2=O)=N1. The molecular weight excluding hydrogens is 629 g/mol. The second kappa shape index (κ2) is 12.8. The Morgan fingerprint density at radius 3 is 2.57 bits per heavy atom. The van der Waals surface area contributed by atoms with Gasteiger partial charge in [-0.25, -0.2) is 9.79 Å². The molecule has 2 aromatic carbocycles. The van der Waals surface area contributed by atoms with Crippen molar-refractivity contribution in [3.63, 3.8) is 0 Å². The molecule has 3 aromatic heterocycles. The third kappa shape index (κ3) is 5.33. The summed E-state index contributed by atoms with van der Waals surface area (Å²) in [6.45, 7) is 12.0. The summed E-state index contributed by atoms with van der Waals surface area (Å²) in [7, 11) is 1.60. The Labute approximate surface area is 281 Å². The number of nitrogens with zero attached hydrogens (tertiary/aromatic N) is 4. The number of carbonyl (C=O) groups is 1. The number of fused-ring (bicyclic) bond motifs is 2. The molecule has 0 saturated heterocycles. The Morgan fingerprint density at radius 2 is 1.87 bits per heavy atom. The molecule has 240 valence electrons. The molecule has 0 aliphatic carbocycles. The number of nitriles is 1. The van der Waals surface area contributed by atoms with E-state index in [4.69, 9.17) is 14.5 Å². The Kier molecular flexibility index (Phi) is 8.79. The highest BCUT2D eigenvalue weighted by molar-refractivity contribution is 7.15. The zero-order chi connectivity index (χ0) is 33.6. The van der Waals surface area contributed by atoms with Gasteiger partial charge in [0.05, 0.1) is 35.1 Å². The highest BCUT2D eigenvalue weighted by Crippen LogP contribution is 2.41. The van der Waals surface area contributed by atoms with Gasteiger partial charge in [-0.1, -0.05) is 55.0 Å². The number of ether oxygens (including phenoxy) is 2. The van der Waals surface area contributed by atoms with E-state index in [2.05, 4.69) is 10.6 Å². The second-order valence-electron chi connectivity index (χ2n) is 11.6. The van der Waals surface area contributed by atoms with Gasteiger partial charge >= 0.3 is 5.97 Å². The Morgan fingerprint density at radius 1 is 1.11 bits per heavy atom. The first-order chi connectivity index (χ1) is 22.6. The Hall–Kier alpha value is -4.72. The summed E-state index contributed by atoms with van der Waals surface area (Å²) in [6, 6.07) is 15.4. The smallest absolute Gasteiger partial charge is 0.338 e. The lowest BCUT2D eigenvalue weighted by atomic mass is 9.90. The zero-order valence-corrected chi connectivity index (χ0v) is 29.2. The third-order valence-electron chi connectivity index (χ3n) is 8.75. The zero-order valence-electron chi connectivity index (χ0n) is 27.6. The first-order valence-electron chi connectivity index (χ1n) is 15.6. The van der Waals surface area contributed by atoms with E-state index >= 15 is 0 Å².